The predicted molar refractivity (Wildman–Crippen MR) is 113 cm³/mol. The number of aromatic nitrogens is 3. The molecule has 0 aliphatic carbocycles. The number of hydrogen-bond donors (Lipinski definition) is 1. The summed E-state index contributed by atoms with van der Waals surface area (Å²) in [6.45, 7) is 1.90. The number of hydrogen-bond acceptors (Lipinski definition) is 4. The number of rotatable bonds is 6. The van der Waals surface area contributed by atoms with Gasteiger partial charge < -0.3 is 5.32 Å². The average molecular weight is 388 g/mol. The summed E-state index contributed by atoms with van der Waals surface area (Å²) in [4.78, 5) is 17.1. The van der Waals surface area contributed by atoms with Crippen molar-refractivity contribution in [3.05, 3.63) is 83.4 Å². The zero-order valence-corrected chi connectivity index (χ0v) is 16.3. The van der Waals surface area contributed by atoms with E-state index < -0.39 is 0 Å². The second-order valence-electron chi connectivity index (χ2n) is 6.50. The van der Waals surface area contributed by atoms with Gasteiger partial charge in [-0.2, -0.15) is 9.78 Å². The summed E-state index contributed by atoms with van der Waals surface area (Å²) in [5.41, 5.74) is 3.93. The van der Waals surface area contributed by atoms with Crippen molar-refractivity contribution in [2.24, 2.45) is 0 Å². The van der Waals surface area contributed by atoms with Crippen LogP contribution in [0.15, 0.2) is 72.1 Å². The molecule has 2 heterocycles. The number of aryl methyl sites for hydroxylation is 2. The quantitative estimate of drug-likeness (QED) is 0.512. The second-order valence-corrected chi connectivity index (χ2v) is 7.33. The van der Waals surface area contributed by atoms with Gasteiger partial charge in [0.25, 0.3) is 0 Å². The van der Waals surface area contributed by atoms with Crippen LogP contribution in [0.2, 0.25) is 0 Å². The Labute approximate surface area is 167 Å². The molecule has 2 aromatic carbocycles. The fourth-order valence-electron chi connectivity index (χ4n) is 2.95. The minimum atomic E-state index is -0.0372. The Kier molecular flexibility index (Phi) is 5.30. The molecule has 0 unspecified atom stereocenters. The number of carbonyl (C=O) groups is 1. The molecular weight excluding hydrogens is 368 g/mol. The third kappa shape index (κ3) is 4.18. The topological polar surface area (TPSA) is 59.8 Å². The fraction of sp³-hybridized carbons (Fsp3) is 0.136. The first-order valence-corrected chi connectivity index (χ1v) is 9.99. The molecule has 0 aliphatic rings. The van der Waals surface area contributed by atoms with E-state index in [0.29, 0.717) is 18.7 Å². The normalized spacial score (nSPS) is 10.8. The Morgan fingerprint density at radius 1 is 1.07 bits per heavy atom. The molecule has 28 heavy (non-hydrogen) atoms. The Hall–Kier alpha value is -3.25. The van der Waals surface area contributed by atoms with E-state index in [4.69, 9.17) is 4.98 Å². The SMILES string of the molecule is Cc1cc(NC(=O)CCc2ccccc2)n(-c2nc(-c3ccccc3)cs2)n1. The molecule has 0 saturated carbocycles. The van der Waals surface area contributed by atoms with Crippen LogP contribution in [0.1, 0.15) is 17.7 Å². The minimum absolute atomic E-state index is 0.0372. The number of benzene rings is 2. The monoisotopic (exact) mass is 388 g/mol. The van der Waals surface area contributed by atoms with Crippen LogP contribution in [0.3, 0.4) is 0 Å². The highest BCUT2D eigenvalue weighted by molar-refractivity contribution is 7.12. The lowest BCUT2D eigenvalue weighted by atomic mass is 10.1. The third-order valence-corrected chi connectivity index (χ3v) is 5.14. The van der Waals surface area contributed by atoms with E-state index in [1.165, 1.54) is 11.3 Å². The molecule has 0 spiro atoms. The van der Waals surface area contributed by atoms with Crippen LogP contribution < -0.4 is 5.32 Å². The first-order valence-electron chi connectivity index (χ1n) is 9.11. The summed E-state index contributed by atoms with van der Waals surface area (Å²) >= 11 is 1.50. The van der Waals surface area contributed by atoms with Crippen molar-refractivity contribution in [2.75, 3.05) is 5.32 Å². The third-order valence-electron chi connectivity index (χ3n) is 4.33. The van der Waals surface area contributed by atoms with Crippen molar-refractivity contribution in [1.29, 1.82) is 0 Å². The molecule has 0 saturated heterocycles. The molecule has 0 atom stereocenters. The Bertz CT molecular complexity index is 1070. The van der Waals surface area contributed by atoms with Crippen LogP contribution in [-0.2, 0) is 11.2 Å². The van der Waals surface area contributed by atoms with Gasteiger partial charge in [0.1, 0.15) is 5.82 Å². The maximum absolute atomic E-state index is 12.4. The molecule has 0 aliphatic heterocycles. The zero-order valence-electron chi connectivity index (χ0n) is 15.5. The van der Waals surface area contributed by atoms with Gasteiger partial charge in [0.2, 0.25) is 11.0 Å². The van der Waals surface area contributed by atoms with E-state index >= 15 is 0 Å². The van der Waals surface area contributed by atoms with Crippen molar-refractivity contribution >= 4 is 23.1 Å². The molecule has 0 radical (unpaired) electrons. The molecule has 5 nitrogen and oxygen atoms in total. The van der Waals surface area contributed by atoms with Crippen molar-refractivity contribution in [2.45, 2.75) is 19.8 Å². The van der Waals surface area contributed by atoms with Gasteiger partial charge in [0.15, 0.2) is 0 Å². The lowest BCUT2D eigenvalue weighted by Crippen LogP contribution is -2.15. The Morgan fingerprint density at radius 3 is 2.54 bits per heavy atom. The van der Waals surface area contributed by atoms with E-state index in [1.54, 1.807) is 4.68 Å². The van der Waals surface area contributed by atoms with Gasteiger partial charge in [-0.3, -0.25) is 4.79 Å². The second kappa shape index (κ2) is 8.19. The van der Waals surface area contributed by atoms with Gasteiger partial charge >= 0.3 is 0 Å². The van der Waals surface area contributed by atoms with E-state index in [2.05, 4.69) is 10.4 Å². The molecule has 0 bridgehead atoms. The molecule has 4 aromatic rings. The molecule has 0 fully saturated rings. The minimum Gasteiger partial charge on any atom is -0.310 e. The lowest BCUT2D eigenvalue weighted by molar-refractivity contribution is -0.116. The van der Waals surface area contributed by atoms with Gasteiger partial charge in [-0.05, 0) is 18.9 Å². The summed E-state index contributed by atoms with van der Waals surface area (Å²) in [7, 11) is 0. The van der Waals surface area contributed by atoms with Crippen LogP contribution in [0.5, 0.6) is 0 Å². The van der Waals surface area contributed by atoms with Crippen molar-refractivity contribution < 1.29 is 4.79 Å². The van der Waals surface area contributed by atoms with Gasteiger partial charge in [0, 0.05) is 23.4 Å². The molecule has 2 aromatic heterocycles. The molecule has 4 rings (SSSR count). The standard InChI is InChI=1S/C22H20N4OS/c1-16-14-20(24-21(27)13-12-17-8-4-2-5-9-17)26(25-16)22-23-19(15-28-22)18-10-6-3-7-11-18/h2-11,14-15H,12-13H2,1H3,(H,24,27). The summed E-state index contributed by atoms with van der Waals surface area (Å²) in [5, 5.41) is 10.2. The fourth-order valence-corrected chi connectivity index (χ4v) is 3.74. The van der Waals surface area contributed by atoms with E-state index in [1.807, 2.05) is 79.0 Å². The Morgan fingerprint density at radius 2 is 1.79 bits per heavy atom. The molecule has 1 N–H and O–H groups in total. The van der Waals surface area contributed by atoms with E-state index in [-0.39, 0.29) is 5.91 Å². The van der Waals surface area contributed by atoms with Crippen LogP contribution in [0.4, 0.5) is 5.82 Å². The first-order chi connectivity index (χ1) is 13.7. The van der Waals surface area contributed by atoms with Gasteiger partial charge in [0.05, 0.1) is 11.4 Å². The highest BCUT2D eigenvalue weighted by atomic mass is 32.1. The lowest BCUT2D eigenvalue weighted by Gasteiger charge is -2.06. The van der Waals surface area contributed by atoms with Gasteiger partial charge in [-0.1, -0.05) is 60.7 Å². The van der Waals surface area contributed by atoms with Gasteiger partial charge in [-0.15, -0.1) is 11.3 Å². The van der Waals surface area contributed by atoms with E-state index in [9.17, 15) is 4.79 Å². The molecule has 6 heteroatoms. The molecule has 1 amide bonds. The number of amides is 1. The average Bonchev–Trinajstić information content (AvgIpc) is 3.34. The maximum Gasteiger partial charge on any atom is 0.225 e. The van der Waals surface area contributed by atoms with E-state index in [0.717, 1.165) is 27.6 Å². The number of anilines is 1. The maximum atomic E-state index is 12.4. The number of nitrogens with zero attached hydrogens (tertiary/aromatic N) is 3. The van der Waals surface area contributed by atoms with Crippen LogP contribution >= 0.6 is 11.3 Å². The first kappa shape index (κ1) is 18.1. The van der Waals surface area contributed by atoms with Crippen molar-refractivity contribution in [1.82, 2.24) is 14.8 Å². The zero-order chi connectivity index (χ0) is 19.3. The van der Waals surface area contributed by atoms with Crippen molar-refractivity contribution in [3.63, 3.8) is 0 Å². The number of thiazole rings is 1. The molecular formula is C22H20N4OS. The molecule has 140 valence electrons. The van der Waals surface area contributed by atoms with Crippen LogP contribution in [-0.4, -0.2) is 20.7 Å². The number of nitrogens with one attached hydrogen (secondary N) is 1. The van der Waals surface area contributed by atoms with Crippen molar-refractivity contribution in [3.8, 4) is 16.4 Å². The largest absolute Gasteiger partial charge is 0.310 e. The Balaban J connectivity index is 1.49. The number of carbonyl (C=O) groups excluding carboxylic acids is 1. The summed E-state index contributed by atoms with van der Waals surface area (Å²) in [6.07, 6.45) is 1.12. The van der Waals surface area contributed by atoms with Crippen LogP contribution in [0, 0.1) is 6.92 Å². The highest BCUT2D eigenvalue weighted by Crippen LogP contribution is 2.26. The van der Waals surface area contributed by atoms with Gasteiger partial charge in [-0.25, -0.2) is 4.98 Å². The smallest absolute Gasteiger partial charge is 0.225 e. The van der Waals surface area contributed by atoms with Crippen LogP contribution in [0.25, 0.3) is 16.4 Å². The summed E-state index contributed by atoms with van der Waals surface area (Å²) < 4.78 is 1.70. The predicted octanol–water partition coefficient (Wildman–Crippen LogP) is 4.88. The summed E-state index contributed by atoms with van der Waals surface area (Å²) in [5.74, 6) is 0.606. The summed E-state index contributed by atoms with van der Waals surface area (Å²) in [6, 6.07) is 21.9. The highest BCUT2D eigenvalue weighted by Gasteiger charge is 2.14.